The van der Waals surface area contributed by atoms with E-state index in [0.717, 1.165) is 34.9 Å². The van der Waals surface area contributed by atoms with E-state index in [9.17, 15) is 0 Å². The van der Waals surface area contributed by atoms with Gasteiger partial charge in [0.15, 0.2) is 17.5 Å². The zero-order valence-corrected chi connectivity index (χ0v) is 17.6. The van der Waals surface area contributed by atoms with E-state index in [1.165, 1.54) is 0 Å². The van der Waals surface area contributed by atoms with Crippen molar-refractivity contribution in [3.05, 3.63) is 66.1 Å². The molecule has 0 atom stereocenters. The van der Waals surface area contributed by atoms with Crippen LogP contribution in [0.3, 0.4) is 0 Å². The van der Waals surface area contributed by atoms with Crippen molar-refractivity contribution in [3.63, 3.8) is 0 Å². The molecule has 0 bridgehead atoms. The molecular weight excluding hydrogens is 380 g/mol. The van der Waals surface area contributed by atoms with Gasteiger partial charge in [0.25, 0.3) is 0 Å². The zero-order valence-electron chi connectivity index (χ0n) is 17.6. The van der Waals surface area contributed by atoms with Crippen molar-refractivity contribution >= 4 is 5.96 Å². The second-order valence-electron chi connectivity index (χ2n) is 6.48. The van der Waals surface area contributed by atoms with Gasteiger partial charge in [-0.05, 0) is 43.7 Å². The standard InChI is InChI=1S/C23H28N4O3/c1-4-24-23(25-14-17-11-12-20(28-3)21(13-17)29-5-2)26-15-19-16-30-22(27-19)18-9-7-6-8-10-18/h6-13,16H,4-5,14-15H2,1-3H3,(H2,24,25,26). The molecule has 0 fully saturated rings. The summed E-state index contributed by atoms with van der Waals surface area (Å²) in [5.74, 6) is 2.75. The first-order chi connectivity index (χ1) is 14.7. The number of hydrogen-bond acceptors (Lipinski definition) is 5. The van der Waals surface area contributed by atoms with Gasteiger partial charge in [-0.25, -0.2) is 9.98 Å². The summed E-state index contributed by atoms with van der Waals surface area (Å²) in [5.41, 5.74) is 2.79. The third-order valence-electron chi connectivity index (χ3n) is 4.30. The molecule has 3 aromatic rings. The van der Waals surface area contributed by atoms with Gasteiger partial charge in [0.1, 0.15) is 6.26 Å². The van der Waals surface area contributed by atoms with Crippen LogP contribution in [0.25, 0.3) is 11.5 Å². The Morgan fingerprint density at radius 1 is 1.07 bits per heavy atom. The highest BCUT2D eigenvalue weighted by atomic mass is 16.5. The molecule has 1 heterocycles. The van der Waals surface area contributed by atoms with Crippen molar-refractivity contribution in [1.82, 2.24) is 15.6 Å². The molecule has 3 rings (SSSR count). The molecule has 2 aromatic carbocycles. The Balaban J connectivity index is 1.64. The second kappa shape index (κ2) is 10.9. The first kappa shape index (κ1) is 21.2. The van der Waals surface area contributed by atoms with Gasteiger partial charge in [0.05, 0.1) is 32.5 Å². The molecular formula is C23H28N4O3. The van der Waals surface area contributed by atoms with Crippen LogP contribution in [0, 0.1) is 0 Å². The minimum atomic E-state index is 0.507. The summed E-state index contributed by atoms with van der Waals surface area (Å²) in [5, 5.41) is 6.54. The highest BCUT2D eigenvalue weighted by Crippen LogP contribution is 2.28. The molecule has 0 aliphatic heterocycles. The molecule has 30 heavy (non-hydrogen) atoms. The maximum atomic E-state index is 5.64. The zero-order chi connectivity index (χ0) is 21.2. The third-order valence-corrected chi connectivity index (χ3v) is 4.30. The van der Waals surface area contributed by atoms with E-state index in [4.69, 9.17) is 13.9 Å². The Kier molecular flexibility index (Phi) is 7.71. The van der Waals surface area contributed by atoms with E-state index < -0.39 is 0 Å². The summed E-state index contributed by atoms with van der Waals surface area (Å²) in [6.45, 7) is 6.33. The van der Waals surface area contributed by atoms with Gasteiger partial charge in [0.2, 0.25) is 5.89 Å². The van der Waals surface area contributed by atoms with E-state index in [1.807, 2.05) is 62.4 Å². The molecule has 0 aliphatic rings. The average molecular weight is 409 g/mol. The number of aromatic nitrogens is 1. The lowest BCUT2D eigenvalue weighted by atomic mass is 10.2. The Hall–Kier alpha value is -3.48. The van der Waals surface area contributed by atoms with E-state index in [-0.39, 0.29) is 0 Å². The molecule has 7 heteroatoms. The van der Waals surface area contributed by atoms with Crippen LogP contribution >= 0.6 is 0 Å². The quantitative estimate of drug-likeness (QED) is 0.411. The SMILES string of the molecule is CCNC(=NCc1ccc(OC)c(OCC)c1)NCc1coc(-c2ccccc2)n1. The molecule has 0 amide bonds. The Morgan fingerprint density at radius 3 is 2.63 bits per heavy atom. The number of methoxy groups -OCH3 is 1. The number of guanidine groups is 1. The fourth-order valence-corrected chi connectivity index (χ4v) is 2.88. The predicted octanol–water partition coefficient (Wildman–Crippen LogP) is 4.00. The van der Waals surface area contributed by atoms with Gasteiger partial charge in [-0.15, -0.1) is 0 Å². The van der Waals surface area contributed by atoms with Crippen LogP contribution in [-0.4, -0.2) is 31.2 Å². The molecule has 0 saturated heterocycles. The molecule has 0 aliphatic carbocycles. The maximum Gasteiger partial charge on any atom is 0.226 e. The van der Waals surface area contributed by atoms with Gasteiger partial charge in [0, 0.05) is 12.1 Å². The predicted molar refractivity (Wildman–Crippen MR) is 118 cm³/mol. The topological polar surface area (TPSA) is 80.9 Å². The van der Waals surface area contributed by atoms with Crippen LogP contribution in [0.4, 0.5) is 0 Å². The fraction of sp³-hybridized carbons (Fsp3) is 0.304. The molecule has 0 unspecified atom stereocenters. The van der Waals surface area contributed by atoms with E-state index in [1.54, 1.807) is 13.4 Å². The van der Waals surface area contributed by atoms with Crippen molar-refractivity contribution < 1.29 is 13.9 Å². The minimum Gasteiger partial charge on any atom is -0.493 e. The van der Waals surface area contributed by atoms with Crippen LogP contribution in [0.2, 0.25) is 0 Å². The number of nitrogens with one attached hydrogen (secondary N) is 2. The lowest BCUT2D eigenvalue weighted by molar-refractivity contribution is 0.310. The van der Waals surface area contributed by atoms with Gasteiger partial charge in [-0.1, -0.05) is 24.3 Å². The Labute approximate surface area is 177 Å². The number of hydrogen-bond donors (Lipinski definition) is 2. The van der Waals surface area contributed by atoms with Gasteiger partial charge in [-0.2, -0.15) is 0 Å². The maximum absolute atomic E-state index is 5.64. The summed E-state index contributed by atoms with van der Waals surface area (Å²) in [6, 6.07) is 15.7. The van der Waals surface area contributed by atoms with Crippen LogP contribution in [0.5, 0.6) is 11.5 Å². The third kappa shape index (κ3) is 5.76. The van der Waals surface area contributed by atoms with Crippen LogP contribution < -0.4 is 20.1 Å². The number of nitrogens with zero attached hydrogens (tertiary/aromatic N) is 2. The van der Waals surface area contributed by atoms with Crippen LogP contribution in [0.1, 0.15) is 25.1 Å². The smallest absolute Gasteiger partial charge is 0.226 e. The molecule has 0 radical (unpaired) electrons. The number of aliphatic imine (C=N–C) groups is 1. The largest absolute Gasteiger partial charge is 0.493 e. The van der Waals surface area contributed by atoms with Crippen LogP contribution in [0.15, 0.2) is 64.2 Å². The van der Waals surface area contributed by atoms with Crippen LogP contribution in [-0.2, 0) is 13.1 Å². The number of benzene rings is 2. The molecule has 7 nitrogen and oxygen atoms in total. The summed E-state index contributed by atoms with van der Waals surface area (Å²) >= 11 is 0. The Morgan fingerprint density at radius 2 is 1.90 bits per heavy atom. The van der Waals surface area contributed by atoms with Gasteiger partial charge in [-0.3, -0.25) is 0 Å². The minimum absolute atomic E-state index is 0.507. The molecule has 2 N–H and O–H groups in total. The average Bonchev–Trinajstić information content (AvgIpc) is 3.26. The van der Waals surface area contributed by atoms with E-state index >= 15 is 0 Å². The summed E-state index contributed by atoms with van der Waals surface area (Å²) < 4.78 is 16.6. The summed E-state index contributed by atoms with van der Waals surface area (Å²) in [4.78, 5) is 9.20. The summed E-state index contributed by atoms with van der Waals surface area (Å²) in [7, 11) is 1.63. The van der Waals surface area contributed by atoms with Crippen molar-refractivity contribution in [2.45, 2.75) is 26.9 Å². The fourth-order valence-electron chi connectivity index (χ4n) is 2.88. The van der Waals surface area contributed by atoms with Crippen molar-refractivity contribution in [1.29, 1.82) is 0 Å². The summed E-state index contributed by atoms with van der Waals surface area (Å²) in [6.07, 6.45) is 1.66. The lowest BCUT2D eigenvalue weighted by Crippen LogP contribution is -2.36. The second-order valence-corrected chi connectivity index (χ2v) is 6.48. The molecule has 0 saturated carbocycles. The van der Waals surface area contributed by atoms with Gasteiger partial charge < -0.3 is 24.5 Å². The number of rotatable bonds is 9. The molecule has 0 spiro atoms. The molecule has 1 aromatic heterocycles. The number of oxazole rings is 1. The van der Waals surface area contributed by atoms with Crippen molar-refractivity contribution in [2.24, 2.45) is 4.99 Å². The monoisotopic (exact) mass is 408 g/mol. The Bertz CT molecular complexity index is 954. The lowest BCUT2D eigenvalue weighted by Gasteiger charge is -2.12. The number of ether oxygens (including phenoxy) is 2. The first-order valence-electron chi connectivity index (χ1n) is 10.0. The van der Waals surface area contributed by atoms with E-state index in [2.05, 4.69) is 20.6 Å². The highest BCUT2D eigenvalue weighted by Gasteiger charge is 2.08. The van der Waals surface area contributed by atoms with Crippen molar-refractivity contribution in [3.8, 4) is 23.0 Å². The molecule has 158 valence electrons. The van der Waals surface area contributed by atoms with Crippen molar-refractivity contribution in [2.75, 3.05) is 20.3 Å². The highest BCUT2D eigenvalue weighted by molar-refractivity contribution is 5.79. The normalized spacial score (nSPS) is 11.2. The first-order valence-corrected chi connectivity index (χ1v) is 10.0. The van der Waals surface area contributed by atoms with Gasteiger partial charge >= 0.3 is 0 Å². The van der Waals surface area contributed by atoms with E-state index in [0.29, 0.717) is 31.5 Å².